The topological polar surface area (TPSA) is 106 Å². The number of amides is 1. The van der Waals surface area contributed by atoms with Gasteiger partial charge < -0.3 is 5.32 Å². The van der Waals surface area contributed by atoms with Gasteiger partial charge in [-0.1, -0.05) is 12.1 Å². The molecule has 0 bridgehead atoms. The summed E-state index contributed by atoms with van der Waals surface area (Å²) in [5, 5.41) is 7.92. The van der Waals surface area contributed by atoms with Crippen molar-refractivity contribution < 1.29 is 13.2 Å². The molecule has 0 saturated carbocycles. The van der Waals surface area contributed by atoms with E-state index in [4.69, 9.17) is 0 Å². The second-order valence-electron chi connectivity index (χ2n) is 6.64. The summed E-state index contributed by atoms with van der Waals surface area (Å²) in [6.07, 6.45) is 7.45. The monoisotopic (exact) mass is 399 g/mol. The van der Waals surface area contributed by atoms with Gasteiger partial charge in [0.2, 0.25) is 15.9 Å². The Hall–Kier alpha value is -3.20. The lowest BCUT2D eigenvalue weighted by molar-refractivity contribution is -0.111. The Bertz CT molecular complexity index is 1130. The van der Waals surface area contributed by atoms with Crippen LogP contribution in [0.1, 0.15) is 25.5 Å². The van der Waals surface area contributed by atoms with Crippen LogP contribution in [-0.2, 0) is 14.8 Å². The van der Waals surface area contributed by atoms with Crippen molar-refractivity contribution in [2.45, 2.75) is 19.9 Å². The Balaban J connectivity index is 1.65. The summed E-state index contributed by atoms with van der Waals surface area (Å²) < 4.78 is 26.6. The molecule has 0 saturated heterocycles. The number of benzene rings is 1. The number of rotatable bonds is 6. The van der Waals surface area contributed by atoms with E-state index < -0.39 is 10.0 Å². The summed E-state index contributed by atoms with van der Waals surface area (Å²) in [4.78, 5) is 16.5. The van der Waals surface area contributed by atoms with Crippen LogP contribution >= 0.6 is 0 Å². The number of hydrogen-bond acceptors (Lipinski definition) is 5. The van der Waals surface area contributed by atoms with E-state index in [1.807, 2.05) is 24.6 Å². The first-order valence-corrected chi connectivity index (χ1v) is 10.5. The molecule has 9 heteroatoms. The van der Waals surface area contributed by atoms with Gasteiger partial charge in [0.1, 0.15) is 0 Å². The van der Waals surface area contributed by atoms with Crippen molar-refractivity contribution in [1.29, 1.82) is 0 Å². The molecule has 0 aliphatic carbocycles. The first kappa shape index (κ1) is 19.6. The molecule has 2 N–H and O–H groups in total. The molecule has 28 heavy (non-hydrogen) atoms. The summed E-state index contributed by atoms with van der Waals surface area (Å²) >= 11 is 0. The van der Waals surface area contributed by atoms with Gasteiger partial charge in [0, 0.05) is 23.2 Å². The molecule has 0 spiro atoms. The highest BCUT2D eigenvalue weighted by molar-refractivity contribution is 7.92. The highest BCUT2D eigenvalue weighted by atomic mass is 32.2. The highest BCUT2D eigenvalue weighted by Crippen LogP contribution is 2.19. The van der Waals surface area contributed by atoms with Crippen molar-refractivity contribution in [1.82, 2.24) is 14.8 Å². The number of nitrogens with zero attached hydrogens (tertiary/aromatic N) is 3. The maximum Gasteiger partial charge on any atom is 0.248 e. The van der Waals surface area contributed by atoms with Crippen molar-refractivity contribution in [2.75, 3.05) is 16.3 Å². The molecule has 1 amide bonds. The molecule has 1 aromatic carbocycles. The molecule has 3 aromatic rings. The third-order valence-electron chi connectivity index (χ3n) is 3.83. The predicted octanol–water partition coefficient (Wildman–Crippen LogP) is 3.04. The summed E-state index contributed by atoms with van der Waals surface area (Å²) in [5.41, 5.74) is 2.58. The summed E-state index contributed by atoms with van der Waals surface area (Å²) in [7, 11) is -3.31. The van der Waals surface area contributed by atoms with Crippen LogP contribution in [0, 0.1) is 0 Å². The van der Waals surface area contributed by atoms with Crippen LogP contribution < -0.4 is 10.0 Å². The van der Waals surface area contributed by atoms with E-state index in [0.29, 0.717) is 11.4 Å². The van der Waals surface area contributed by atoms with Crippen LogP contribution in [0.3, 0.4) is 0 Å². The number of carbonyl (C=O) groups excluding carboxylic acids is 1. The van der Waals surface area contributed by atoms with Gasteiger partial charge in [-0.25, -0.2) is 18.1 Å². The summed E-state index contributed by atoms with van der Waals surface area (Å²) in [6, 6.07) is 8.71. The molecule has 3 rings (SSSR count). The molecule has 2 aromatic heterocycles. The first-order chi connectivity index (χ1) is 13.2. The minimum absolute atomic E-state index is 0.201. The third-order valence-corrected chi connectivity index (χ3v) is 4.44. The van der Waals surface area contributed by atoms with E-state index in [1.54, 1.807) is 42.7 Å². The number of carbonyl (C=O) groups is 1. The van der Waals surface area contributed by atoms with Gasteiger partial charge in [0.25, 0.3) is 0 Å². The number of pyridine rings is 1. The lowest BCUT2D eigenvalue weighted by Crippen LogP contribution is -2.09. The standard InChI is InChI=1S/C19H21N5O3S/c1-13(2)24-19-15(11-21-24)10-17(12-20-19)22-18(25)9-6-14-4-7-16(8-5-14)23-28(3,26)27/h4-13,23H,1-3H3,(H,22,25)/b9-6+. The Morgan fingerprint density at radius 2 is 1.86 bits per heavy atom. The van der Waals surface area contributed by atoms with Crippen molar-refractivity contribution in [3.63, 3.8) is 0 Å². The van der Waals surface area contributed by atoms with Gasteiger partial charge in [-0.05, 0) is 43.7 Å². The Morgan fingerprint density at radius 1 is 1.14 bits per heavy atom. The van der Waals surface area contributed by atoms with Crippen LogP contribution in [-0.4, -0.2) is 35.3 Å². The number of fused-ring (bicyclic) bond motifs is 1. The molecule has 0 atom stereocenters. The average molecular weight is 399 g/mol. The Kier molecular flexibility index (Phi) is 5.46. The molecular weight excluding hydrogens is 378 g/mol. The van der Waals surface area contributed by atoms with Crippen molar-refractivity contribution in [3.8, 4) is 0 Å². The van der Waals surface area contributed by atoms with E-state index in [2.05, 4.69) is 20.1 Å². The fraction of sp³-hybridized carbons (Fsp3) is 0.211. The molecule has 0 fully saturated rings. The van der Waals surface area contributed by atoms with E-state index in [-0.39, 0.29) is 11.9 Å². The maximum absolute atomic E-state index is 12.2. The second kappa shape index (κ2) is 7.81. The van der Waals surface area contributed by atoms with Gasteiger partial charge in [0.05, 0.1) is 24.3 Å². The van der Waals surface area contributed by atoms with Crippen molar-refractivity contribution >= 4 is 44.4 Å². The largest absolute Gasteiger partial charge is 0.321 e. The SMILES string of the molecule is CC(C)n1ncc2cc(NC(=O)/C=C/c3ccc(NS(C)(=O)=O)cc3)cnc21. The quantitative estimate of drug-likeness (QED) is 0.620. The van der Waals surface area contributed by atoms with Gasteiger partial charge in [-0.2, -0.15) is 5.10 Å². The summed E-state index contributed by atoms with van der Waals surface area (Å²) in [5.74, 6) is -0.296. The van der Waals surface area contributed by atoms with E-state index in [0.717, 1.165) is 22.9 Å². The number of hydrogen-bond donors (Lipinski definition) is 2. The van der Waals surface area contributed by atoms with Crippen LogP contribution in [0.4, 0.5) is 11.4 Å². The fourth-order valence-corrected chi connectivity index (χ4v) is 3.18. The molecule has 2 heterocycles. The van der Waals surface area contributed by atoms with Crippen molar-refractivity contribution in [2.24, 2.45) is 0 Å². The van der Waals surface area contributed by atoms with E-state index in [9.17, 15) is 13.2 Å². The number of anilines is 2. The van der Waals surface area contributed by atoms with Crippen LogP contribution in [0.2, 0.25) is 0 Å². The van der Waals surface area contributed by atoms with Crippen LogP contribution in [0.25, 0.3) is 17.1 Å². The van der Waals surface area contributed by atoms with E-state index in [1.165, 1.54) is 6.08 Å². The molecule has 0 aliphatic heterocycles. The molecule has 146 valence electrons. The normalized spacial score (nSPS) is 12.0. The van der Waals surface area contributed by atoms with Gasteiger partial charge >= 0.3 is 0 Å². The number of sulfonamides is 1. The first-order valence-electron chi connectivity index (χ1n) is 8.61. The fourth-order valence-electron chi connectivity index (χ4n) is 2.62. The second-order valence-corrected chi connectivity index (χ2v) is 8.39. The minimum Gasteiger partial charge on any atom is -0.321 e. The zero-order valence-corrected chi connectivity index (χ0v) is 16.6. The molecule has 0 aliphatic rings. The zero-order valence-electron chi connectivity index (χ0n) is 15.7. The molecule has 8 nitrogen and oxygen atoms in total. The lowest BCUT2D eigenvalue weighted by Gasteiger charge is -2.07. The van der Waals surface area contributed by atoms with Crippen molar-refractivity contribution in [3.05, 3.63) is 54.4 Å². The lowest BCUT2D eigenvalue weighted by atomic mass is 10.2. The average Bonchev–Trinajstić information content (AvgIpc) is 3.03. The number of aromatic nitrogens is 3. The minimum atomic E-state index is -3.31. The predicted molar refractivity (Wildman–Crippen MR) is 110 cm³/mol. The Labute approximate surface area is 163 Å². The molecular formula is C19H21N5O3S. The van der Waals surface area contributed by atoms with Crippen LogP contribution in [0.15, 0.2) is 48.8 Å². The zero-order chi connectivity index (χ0) is 20.3. The van der Waals surface area contributed by atoms with E-state index >= 15 is 0 Å². The van der Waals surface area contributed by atoms with Gasteiger partial charge in [-0.3, -0.25) is 9.52 Å². The molecule has 0 radical (unpaired) electrons. The van der Waals surface area contributed by atoms with Gasteiger partial charge in [0.15, 0.2) is 5.65 Å². The van der Waals surface area contributed by atoms with Crippen LogP contribution in [0.5, 0.6) is 0 Å². The third kappa shape index (κ3) is 4.95. The maximum atomic E-state index is 12.2. The number of nitrogens with one attached hydrogen (secondary N) is 2. The highest BCUT2D eigenvalue weighted by Gasteiger charge is 2.08. The summed E-state index contributed by atoms with van der Waals surface area (Å²) in [6.45, 7) is 4.05. The Morgan fingerprint density at radius 3 is 2.50 bits per heavy atom. The molecule has 0 unspecified atom stereocenters. The van der Waals surface area contributed by atoms with Gasteiger partial charge in [-0.15, -0.1) is 0 Å². The smallest absolute Gasteiger partial charge is 0.248 e.